The van der Waals surface area contributed by atoms with Crippen molar-refractivity contribution in [3.05, 3.63) is 36.4 Å². The molecule has 1 fully saturated rings. The molecule has 1 unspecified atom stereocenters. The van der Waals surface area contributed by atoms with Gasteiger partial charge in [-0.2, -0.15) is 0 Å². The summed E-state index contributed by atoms with van der Waals surface area (Å²) >= 11 is 0. The molecule has 86 valence electrons. The summed E-state index contributed by atoms with van der Waals surface area (Å²) in [4.78, 5) is 0. The molecule has 0 spiro atoms. The first-order valence-corrected chi connectivity index (χ1v) is 5.80. The summed E-state index contributed by atoms with van der Waals surface area (Å²) in [6.45, 7) is 6.73. The van der Waals surface area contributed by atoms with Crippen LogP contribution in [0.2, 0.25) is 0 Å². The Bertz CT molecular complexity index is 365. The normalized spacial score (nSPS) is 20.4. The van der Waals surface area contributed by atoms with E-state index in [1.807, 2.05) is 31.2 Å². The molecule has 0 bridgehead atoms. The predicted molar refractivity (Wildman–Crippen MR) is 65.4 cm³/mol. The molecule has 1 aromatic rings. The summed E-state index contributed by atoms with van der Waals surface area (Å²) in [6, 6.07) is 8.00. The summed E-state index contributed by atoms with van der Waals surface area (Å²) in [6.07, 6.45) is 3.24. The van der Waals surface area contributed by atoms with Crippen LogP contribution in [0.15, 0.2) is 30.8 Å². The second kappa shape index (κ2) is 5.17. The van der Waals surface area contributed by atoms with Crippen molar-refractivity contribution in [3.63, 3.8) is 0 Å². The molecular formula is C14H18O2. The molecule has 0 N–H and O–H groups in total. The highest BCUT2D eigenvalue weighted by Crippen LogP contribution is 2.22. The Morgan fingerprint density at radius 2 is 2.31 bits per heavy atom. The Morgan fingerprint density at radius 3 is 3.00 bits per heavy atom. The van der Waals surface area contributed by atoms with Crippen LogP contribution in [0.1, 0.15) is 31.7 Å². The first-order chi connectivity index (χ1) is 7.75. The minimum atomic E-state index is -0.0749. The topological polar surface area (TPSA) is 18.5 Å². The standard InChI is InChI=1S/C14H18O2/c1-11(2)12-6-5-7-13(10-12)16-14-8-3-4-9-15-14/h5-7,10,14H,1,3-4,8-9H2,2H3. The van der Waals surface area contributed by atoms with Crippen molar-refractivity contribution in [3.8, 4) is 5.75 Å². The first-order valence-electron chi connectivity index (χ1n) is 5.80. The van der Waals surface area contributed by atoms with Gasteiger partial charge in [-0.25, -0.2) is 0 Å². The Kier molecular flexibility index (Phi) is 3.62. The fourth-order valence-corrected chi connectivity index (χ4v) is 1.79. The van der Waals surface area contributed by atoms with Gasteiger partial charge < -0.3 is 9.47 Å². The molecule has 16 heavy (non-hydrogen) atoms. The molecule has 0 saturated carbocycles. The molecule has 1 atom stereocenters. The van der Waals surface area contributed by atoms with Gasteiger partial charge in [0.15, 0.2) is 6.29 Å². The summed E-state index contributed by atoms with van der Waals surface area (Å²) in [5.74, 6) is 0.868. The van der Waals surface area contributed by atoms with Crippen molar-refractivity contribution >= 4 is 5.57 Å². The monoisotopic (exact) mass is 218 g/mol. The number of ether oxygens (including phenoxy) is 2. The van der Waals surface area contributed by atoms with Gasteiger partial charge >= 0.3 is 0 Å². The Labute approximate surface area is 96.9 Å². The van der Waals surface area contributed by atoms with Crippen LogP contribution >= 0.6 is 0 Å². The van der Waals surface area contributed by atoms with Crippen molar-refractivity contribution in [2.45, 2.75) is 32.5 Å². The van der Waals surface area contributed by atoms with Crippen molar-refractivity contribution < 1.29 is 9.47 Å². The Hall–Kier alpha value is -1.28. The van der Waals surface area contributed by atoms with Crippen LogP contribution < -0.4 is 4.74 Å². The highest BCUT2D eigenvalue weighted by Gasteiger charge is 2.15. The number of benzene rings is 1. The lowest BCUT2D eigenvalue weighted by molar-refractivity contribution is -0.105. The van der Waals surface area contributed by atoms with E-state index in [2.05, 4.69) is 6.58 Å². The summed E-state index contributed by atoms with van der Waals surface area (Å²) < 4.78 is 11.3. The van der Waals surface area contributed by atoms with Gasteiger partial charge in [-0.1, -0.05) is 24.3 Å². The fourth-order valence-electron chi connectivity index (χ4n) is 1.79. The predicted octanol–water partition coefficient (Wildman–Crippen LogP) is 3.63. The highest BCUT2D eigenvalue weighted by atomic mass is 16.7. The Morgan fingerprint density at radius 1 is 1.44 bits per heavy atom. The van der Waals surface area contributed by atoms with Crippen LogP contribution in [0.25, 0.3) is 5.57 Å². The second-order valence-electron chi connectivity index (χ2n) is 4.22. The van der Waals surface area contributed by atoms with Crippen LogP contribution in [0.5, 0.6) is 5.75 Å². The summed E-state index contributed by atoms with van der Waals surface area (Å²) in [5, 5.41) is 0. The van der Waals surface area contributed by atoms with Crippen LogP contribution in [0, 0.1) is 0 Å². The number of hydrogen-bond acceptors (Lipinski definition) is 2. The molecule has 0 amide bonds. The molecule has 1 saturated heterocycles. The van der Waals surface area contributed by atoms with Crippen molar-refractivity contribution in [1.29, 1.82) is 0 Å². The van der Waals surface area contributed by atoms with E-state index in [9.17, 15) is 0 Å². The second-order valence-corrected chi connectivity index (χ2v) is 4.22. The molecule has 1 aliphatic heterocycles. The third-order valence-electron chi connectivity index (χ3n) is 2.73. The van der Waals surface area contributed by atoms with Gasteiger partial charge in [-0.15, -0.1) is 0 Å². The summed E-state index contributed by atoms with van der Waals surface area (Å²) in [7, 11) is 0. The maximum absolute atomic E-state index is 5.78. The number of rotatable bonds is 3. The number of hydrogen-bond donors (Lipinski definition) is 0. The zero-order valence-corrected chi connectivity index (χ0v) is 9.74. The van der Waals surface area contributed by atoms with E-state index in [1.54, 1.807) is 0 Å². The molecule has 0 aromatic heterocycles. The zero-order valence-electron chi connectivity index (χ0n) is 9.74. The molecule has 1 aromatic carbocycles. The van der Waals surface area contributed by atoms with Gasteiger partial charge in [0.25, 0.3) is 0 Å². The van der Waals surface area contributed by atoms with Gasteiger partial charge in [-0.3, -0.25) is 0 Å². The van der Waals surface area contributed by atoms with E-state index in [0.717, 1.165) is 36.3 Å². The quantitative estimate of drug-likeness (QED) is 0.771. The molecule has 1 aliphatic rings. The minimum absolute atomic E-state index is 0.0749. The molecule has 2 rings (SSSR count). The Balaban J connectivity index is 2.02. The summed E-state index contributed by atoms with van der Waals surface area (Å²) in [5.41, 5.74) is 2.17. The first kappa shape index (κ1) is 11.2. The van der Waals surface area contributed by atoms with Gasteiger partial charge in [0.2, 0.25) is 0 Å². The van der Waals surface area contributed by atoms with E-state index in [4.69, 9.17) is 9.47 Å². The van der Waals surface area contributed by atoms with Gasteiger partial charge in [0.05, 0.1) is 6.61 Å². The molecule has 0 aliphatic carbocycles. The molecule has 0 radical (unpaired) electrons. The van der Waals surface area contributed by atoms with E-state index in [0.29, 0.717) is 0 Å². The lowest BCUT2D eigenvalue weighted by Gasteiger charge is -2.23. The molecule has 2 nitrogen and oxygen atoms in total. The lowest BCUT2D eigenvalue weighted by Crippen LogP contribution is -2.24. The smallest absolute Gasteiger partial charge is 0.199 e. The number of allylic oxidation sites excluding steroid dienone is 1. The minimum Gasteiger partial charge on any atom is -0.465 e. The van der Waals surface area contributed by atoms with E-state index in [1.165, 1.54) is 6.42 Å². The SMILES string of the molecule is C=C(C)c1cccc(OC2CCCCO2)c1. The van der Waals surface area contributed by atoms with E-state index in [-0.39, 0.29) is 6.29 Å². The van der Waals surface area contributed by atoms with Gasteiger partial charge in [0.1, 0.15) is 5.75 Å². The average Bonchev–Trinajstić information content (AvgIpc) is 2.30. The van der Waals surface area contributed by atoms with Gasteiger partial charge in [-0.05, 0) is 37.5 Å². The maximum Gasteiger partial charge on any atom is 0.199 e. The third-order valence-corrected chi connectivity index (χ3v) is 2.73. The van der Waals surface area contributed by atoms with Crippen LogP contribution in [0.4, 0.5) is 0 Å². The largest absolute Gasteiger partial charge is 0.465 e. The van der Waals surface area contributed by atoms with Crippen LogP contribution in [-0.2, 0) is 4.74 Å². The van der Waals surface area contributed by atoms with E-state index < -0.39 is 0 Å². The third kappa shape index (κ3) is 2.86. The van der Waals surface area contributed by atoms with Crippen LogP contribution in [0.3, 0.4) is 0 Å². The van der Waals surface area contributed by atoms with Gasteiger partial charge in [0, 0.05) is 6.42 Å². The van der Waals surface area contributed by atoms with Crippen molar-refractivity contribution in [2.75, 3.05) is 6.61 Å². The molecule has 1 heterocycles. The average molecular weight is 218 g/mol. The highest BCUT2D eigenvalue weighted by molar-refractivity contribution is 5.62. The van der Waals surface area contributed by atoms with Crippen molar-refractivity contribution in [1.82, 2.24) is 0 Å². The van der Waals surface area contributed by atoms with Crippen molar-refractivity contribution in [2.24, 2.45) is 0 Å². The van der Waals surface area contributed by atoms with E-state index >= 15 is 0 Å². The molecule has 2 heteroatoms. The maximum atomic E-state index is 5.78. The molecular weight excluding hydrogens is 200 g/mol. The van der Waals surface area contributed by atoms with Crippen LogP contribution in [-0.4, -0.2) is 12.9 Å². The lowest BCUT2D eigenvalue weighted by atomic mass is 10.1. The fraction of sp³-hybridized carbons (Fsp3) is 0.429. The zero-order chi connectivity index (χ0) is 11.4.